The maximum atomic E-state index is 12.5. The highest BCUT2D eigenvalue weighted by molar-refractivity contribution is 7.92. The number of sulfonamides is 2. The van der Waals surface area contributed by atoms with Crippen LogP contribution in [0.4, 0.5) is 5.69 Å². The average Bonchev–Trinajstić information content (AvgIpc) is 2.89. The number of rotatable bonds is 6. The van der Waals surface area contributed by atoms with Gasteiger partial charge in [0.05, 0.1) is 10.6 Å². The topological polar surface area (TPSA) is 127 Å². The molecule has 2 N–H and O–H groups in total. The van der Waals surface area contributed by atoms with Crippen molar-refractivity contribution in [3.63, 3.8) is 0 Å². The van der Waals surface area contributed by atoms with Gasteiger partial charge in [-0.3, -0.25) is 14.2 Å². The number of nitrogens with zero attached hydrogens (tertiary/aromatic N) is 2. The number of hydrogen-bond acceptors (Lipinski definition) is 6. The number of amides is 1. The Labute approximate surface area is 152 Å². The zero-order chi connectivity index (χ0) is 19.7. The number of benzene rings is 1. The number of carbonyl (C=O) groups is 1. The van der Waals surface area contributed by atoms with Gasteiger partial charge in [-0.15, -0.1) is 0 Å². The second-order valence-corrected chi connectivity index (χ2v) is 9.28. The first-order chi connectivity index (χ1) is 11.9. The average molecular weight is 400 g/mol. The summed E-state index contributed by atoms with van der Waals surface area (Å²) in [6.45, 7) is 6.44. The van der Waals surface area contributed by atoms with Crippen molar-refractivity contribution in [3.8, 4) is 0 Å². The molecule has 11 heteroatoms. The van der Waals surface area contributed by atoms with Gasteiger partial charge in [-0.2, -0.15) is 5.10 Å². The predicted molar refractivity (Wildman–Crippen MR) is 95.6 cm³/mol. The number of nitrogens with one attached hydrogen (secondary N) is 2. The van der Waals surface area contributed by atoms with Crippen molar-refractivity contribution in [2.45, 2.75) is 43.5 Å². The van der Waals surface area contributed by atoms with Crippen LogP contribution in [0.5, 0.6) is 0 Å². The maximum Gasteiger partial charge on any atom is 0.265 e. The first kappa shape index (κ1) is 19.9. The Kier molecular flexibility index (Phi) is 5.42. The zero-order valence-electron chi connectivity index (χ0n) is 14.7. The smallest absolute Gasteiger partial charge is 0.265 e. The maximum absolute atomic E-state index is 12.5. The molecule has 0 aliphatic carbocycles. The molecule has 1 heterocycles. The van der Waals surface area contributed by atoms with E-state index in [0.717, 1.165) is 6.92 Å². The SMILES string of the molecule is CC(=O)NS(=O)(=O)c1ccc(NS(=O)(=O)c2cn(C(C)C)nc2C)cc1. The van der Waals surface area contributed by atoms with Crippen LogP contribution in [0.3, 0.4) is 0 Å². The molecule has 0 saturated heterocycles. The van der Waals surface area contributed by atoms with Gasteiger partial charge in [-0.05, 0) is 45.0 Å². The monoisotopic (exact) mass is 400 g/mol. The van der Waals surface area contributed by atoms with Gasteiger partial charge in [0.1, 0.15) is 4.90 Å². The van der Waals surface area contributed by atoms with Crippen LogP contribution < -0.4 is 9.44 Å². The molecule has 1 aromatic heterocycles. The summed E-state index contributed by atoms with van der Waals surface area (Å²) in [5, 5.41) is 4.17. The molecule has 0 bridgehead atoms. The third-order valence-corrected chi connectivity index (χ3v) is 6.32. The van der Waals surface area contributed by atoms with Gasteiger partial charge in [0.15, 0.2) is 0 Å². The lowest BCUT2D eigenvalue weighted by Crippen LogP contribution is -2.28. The molecular weight excluding hydrogens is 380 g/mol. The van der Waals surface area contributed by atoms with Crippen molar-refractivity contribution in [1.29, 1.82) is 0 Å². The minimum Gasteiger partial charge on any atom is -0.280 e. The lowest BCUT2D eigenvalue weighted by Gasteiger charge is -2.09. The van der Waals surface area contributed by atoms with Gasteiger partial charge in [-0.25, -0.2) is 21.6 Å². The third-order valence-electron chi connectivity index (χ3n) is 3.39. The summed E-state index contributed by atoms with van der Waals surface area (Å²) >= 11 is 0. The predicted octanol–water partition coefficient (Wildman–Crippen LogP) is 1.40. The molecule has 26 heavy (non-hydrogen) atoms. The standard InChI is InChI=1S/C15H20N4O5S2/c1-10(2)19-9-15(11(3)16-19)26(23,24)18-13-5-7-14(8-6-13)25(21,22)17-12(4)20/h5-10,18H,1-4H3,(H,17,20). The Morgan fingerprint density at radius 1 is 1.08 bits per heavy atom. The third kappa shape index (κ3) is 4.41. The summed E-state index contributed by atoms with van der Waals surface area (Å²) in [5.74, 6) is -0.715. The molecule has 0 atom stereocenters. The molecule has 1 amide bonds. The Bertz CT molecular complexity index is 1020. The Balaban J connectivity index is 2.27. The fourth-order valence-corrected chi connectivity index (χ4v) is 4.38. The molecule has 0 fully saturated rings. The minimum atomic E-state index is -3.98. The first-order valence-corrected chi connectivity index (χ1v) is 10.6. The van der Waals surface area contributed by atoms with E-state index in [1.54, 1.807) is 11.6 Å². The van der Waals surface area contributed by atoms with E-state index >= 15 is 0 Å². The van der Waals surface area contributed by atoms with Crippen LogP contribution in [-0.4, -0.2) is 32.5 Å². The quantitative estimate of drug-likeness (QED) is 0.754. The number of carbonyl (C=O) groups excluding carboxylic acids is 1. The molecule has 0 saturated carbocycles. The van der Waals surface area contributed by atoms with Gasteiger partial charge < -0.3 is 0 Å². The highest BCUT2D eigenvalue weighted by Gasteiger charge is 2.22. The van der Waals surface area contributed by atoms with Crippen LogP contribution in [0, 0.1) is 6.92 Å². The molecule has 0 spiro atoms. The van der Waals surface area contributed by atoms with E-state index in [-0.39, 0.29) is 21.5 Å². The normalized spacial score (nSPS) is 12.2. The number of hydrogen-bond donors (Lipinski definition) is 2. The Hall–Kier alpha value is -2.40. The van der Waals surface area contributed by atoms with Crippen LogP contribution in [0.1, 0.15) is 32.5 Å². The van der Waals surface area contributed by atoms with Crippen LogP contribution in [0.25, 0.3) is 0 Å². The lowest BCUT2D eigenvalue weighted by atomic mass is 10.3. The fraction of sp³-hybridized carbons (Fsp3) is 0.333. The molecule has 0 aliphatic rings. The second-order valence-electron chi connectivity index (χ2n) is 5.94. The summed E-state index contributed by atoms with van der Waals surface area (Å²) in [6.07, 6.45) is 1.44. The molecule has 9 nitrogen and oxygen atoms in total. The molecule has 0 radical (unpaired) electrons. The molecule has 0 aliphatic heterocycles. The highest BCUT2D eigenvalue weighted by atomic mass is 32.2. The van der Waals surface area contributed by atoms with E-state index < -0.39 is 26.0 Å². The van der Waals surface area contributed by atoms with E-state index in [1.807, 2.05) is 18.6 Å². The summed E-state index contributed by atoms with van der Waals surface area (Å²) in [5.41, 5.74) is 0.541. The number of aryl methyl sites for hydroxylation is 1. The van der Waals surface area contributed by atoms with Crippen molar-refractivity contribution in [2.75, 3.05) is 4.72 Å². The van der Waals surface area contributed by atoms with Gasteiger partial charge >= 0.3 is 0 Å². The summed E-state index contributed by atoms with van der Waals surface area (Å²) in [4.78, 5) is 10.8. The van der Waals surface area contributed by atoms with Crippen molar-refractivity contribution in [2.24, 2.45) is 0 Å². The van der Waals surface area contributed by atoms with Gasteiger partial charge in [0.25, 0.3) is 20.0 Å². The van der Waals surface area contributed by atoms with E-state index in [0.29, 0.717) is 5.69 Å². The van der Waals surface area contributed by atoms with E-state index in [1.165, 1.54) is 30.5 Å². The molecule has 0 unspecified atom stereocenters. The molecular formula is C15H20N4O5S2. The van der Waals surface area contributed by atoms with Crippen LogP contribution in [0.15, 0.2) is 40.3 Å². The summed E-state index contributed by atoms with van der Waals surface area (Å²) in [7, 11) is -7.85. The number of anilines is 1. The van der Waals surface area contributed by atoms with Crippen LogP contribution in [0.2, 0.25) is 0 Å². The number of aromatic nitrogens is 2. The fourth-order valence-electron chi connectivity index (χ4n) is 2.15. The van der Waals surface area contributed by atoms with Crippen LogP contribution in [-0.2, 0) is 24.8 Å². The molecule has 1 aromatic carbocycles. The highest BCUT2D eigenvalue weighted by Crippen LogP contribution is 2.21. The van der Waals surface area contributed by atoms with Gasteiger partial charge in [0.2, 0.25) is 5.91 Å². The molecule has 2 rings (SSSR count). The van der Waals surface area contributed by atoms with Gasteiger partial charge in [-0.1, -0.05) is 0 Å². The first-order valence-electron chi connectivity index (χ1n) is 7.64. The molecule has 2 aromatic rings. The van der Waals surface area contributed by atoms with Crippen LogP contribution >= 0.6 is 0 Å². The Morgan fingerprint density at radius 2 is 1.65 bits per heavy atom. The van der Waals surface area contributed by atoms with Crippen molar-refractivity contribution in [1.82, 2.24) is 14.5 Å². The van der Waals surface area contributed by atoms with Crippen molar-refractivity contribution >= 4 is 31.6 Å². The van der Waals surface area contributed by atoms with E-state index in [4.69, 9.17) is 0 Å². The summed E-state index contributed by atoms with van der Waals surface area (Å²) < 4.78 is 54.6. The van der Waals surface area contributed by atoms with E-state index in [9.17, 15) is 21.6 Å². The van der Waals surface area contributed by atoms with Crippen molar-refractivity contribution in [3.05, 3.63) is 36.2 Å². The molecule has 142 valence electrons. The van der Waals surface area contributed by atoms with Gasteiger partial charge in [0, 0.05) is 24.8 Å². The van der Waals surface area contributed by atoms with E-state index in [2.05, 4.69) is 9.82 Å². The lowest BCUT2D eigenvalue weighted by molar-refractivity contribution is -0.117. The minimum absolute atomic E-state index is 0.0101. The summed E-state index contributed by atoms with van der Waals surface area (Å²) in [6, 6.07) is 5.01. The Morgan fingerprint density at radius 3 is 2.12 bits per heavy atom. The zero-order valence-corrected chi connectivity index (χ0v) is 16.3. The second kappa shape index (κ2) is 7.08. The largest absolute Gasteiger partial charge is 0.280 e. The van der Waals surface area contributed by atoms with Crippen molar-refractivity contribution < 1.29 is 21.6 Å².